The third kappa shape index (κ3) is 3.11. The van der Waals surface area contributed by atoms with Crippen LogP contribution in [-0.2, 0) is 6.42 Å². The summed E-state index contributed by atoms with van der Waals surface area (Å²) < 4.78 is 26.9. The topological polar surface area (TPSA) is 38.9 Å². The Hall–Kier alpha value is -1.33. The third-order valence-electron chi connectivity index (χ3n) is 2.52. The van der Waals surface area contributed by atoms with Crippen molar-refractivity contribution in [2.75, 3.05) is 0 Å². The standard InChI is InChI=1S/C13H11BrF2N2/c14-11-2-1-3-18-13(11)12(17)6-8-4-9(15)7-10(16)5-8/h1-5,7,12H,6,17H2/t12-/m1/s1. The van der Waals surface area contributed by atoms with Gasteiger partial charge >= 0.3 is 0 Å². The lowest BCUT2D eigenvalue weighted by molar-refractivity contribution is 0.575. The van der Waals surface area contributed by atoms with Gasteiger partial charge in [0.2, 0.25) is 0 Å². The van der Waals surface area contributed by atoms with Gasteiger partial charge < -0.3 is 5.73 Å². The maximum absolute atomic E-state index is 13.1. The quantitative estimate of drug-likeness (QED) is 0.943. The summed E-state index contributed by atoms with van der Waals surface area (Å²) in [6, 6.07) is 6.59. The van der Waals surface area contributed by atoms with Gasteiger partial charge in [0.05, 0.1) is 11.7 Å². The van der Waals surface area contributed by atoms with Crippen LogP contribution in [0.25, 0.3) is 0 Å². The number of hydrogen-bond donors (Lipinski definition) is 1. The Morgan fingerprint density at radius 2 is 1.89 bits per heavy atom. The molecule has 1 atom stereocenters. The van der Waals surface area contributed by atoms with E-state index < -0.39 is 17.7 Å². The highest BCUT2D eigenvalue weighted by Gasteiger charge is 2.13. The van der Waals surface area contributed by atoms with E-state index in [4.69, 9.17) is 5.73 Å². The lowest BCUT2D eigenvalue weighted by Gasteiger charge is -2.12. The predicted molar refractivity (Wildman–Crippen MR) is 68.9 cm³/mol. The molecular formula is C13H11BrF2N2. The number of benzene rings is 1. The number of hydrogen-bond acceptors (Lipinski definition) is 2. The molecule has 18 heavy (non-hydrogen) atoms. The van der Waals surface area contributed by atoms with E-state index in [1.54, 1.807) is 12.3 Å². The monoisotopic (exact) mass is 312 g/mol. The fraction of sp³-hybridized carbons (Fsp3) is 0.154. The zero-order valence-corrected chi connectivity index (χ0v) is 11.0. The molecule has 94 valence electrons. The minimum Gasteiger partial charge on any atom is -0.322 e. The molecule has 1 aromatic carbocycles. The van der Waals surface area contributed by atoms with Crippen molar-refractivity contribution >= 4 is 15.9 Å². The van der Waals surface area contributed by atoms with Gasteiger partial charge in [-0.15, -0.1) is 0 Å². The van der Waals surface area contributed by atoms with Gasteiger partial charge in [0, 0.05) is 16.7 Å². The van der Waals surface area contributed by atoms with Crippen molar-refractivity contribution in [1.82, 2.24) is 4.98 Å². The van der Waals surface area contributed by atoms with Crippen LogP contribution in [0.3, 0.4) is 0 Å². The second-order valence-corrected chi connectivity index (χ2v) is 4.81. The normalized spacial score (nSPS) is 12.4. The summed E-state index contributed by atoms with van der Waals surface area (Å²) >= 11 is 3.35. The second-order valence-electron chi connectivity index (χ2n) is 3.96. The van der Waals surface area contributed by atoms with Crippen LogP contribution >= 0.6 is 15.9 Å². The molecule has 0 aliphatic rings. The molecule has 2 aromatic rings. The molecule has 0 bridgehead atoms. The third-order valence-corrected chi connectivity index (χ3v) is 3.19. The van der Waals surface area contributed by atoms with Crippen molar-refractivity contribution < 1.29 is 8.78 Å². The first-order valence-electron chi connectivity index (χ1n) is 5.37. The van der Waals surface area contributed by atoms with Crippen LogP contribution in [0.2, 0.25) is 0 Å². The summed E-state index contributed by atoms with van der Waals surface area (Å²) in [6.45, 7) is 0. The Bertz CT molecular complexity index is 540. The lowest BCUT2D eigenvalue weighted by Crippen LogP contribution is -2.15. The molecule has 0 spiro atoms. The summed E-state index contributed by atoms with van der Waals surface area (Å²) in [5.74, 6) is -1.20. The van der Waals surface area contributed by atoms with Gasteiger partial charge in [-0.2, -0.15) is 0 Å². The van der Waals surface area contributed by atoms with E-state index in [0.29, 0.717) is 17.7 Å². The summed E-state index contributed by atoms with van der Waals surface area (Å²) in [7, 11) is 0. The van der Waals surface area contributed by atoms with Gasteiger partial charge in [-0.05, 0) is 52.2 Å². The molecule has 0 unspecified atom stereocenters. The Balaban J connectivity index is 2.21. The number of rotatable bonds is 3. The number of nitrogens with two attached hydrogens (primary N) is 1. The number of halogens is 3. The van der Waals surface area contributed by atoms with E-state index in [2.05, 4.69) is 20.9 Å². The maximum atomic E-state index is 13.1. The van der Waals surface area contributed by atoms with Crippen LogP contribution < -0.4 is 5.73 Å². The summed E-state index contributed by atoms with van der Waals surface area (Å²) in [5, 5.41) is 0. The molecule has 0 aliphatic heterocycles. The molecule has 2 nitrogen and oxygen atoms in total. The summed E-state index contributed by atoms with van der Waals surface area (Å²) in [6.07, 6.45) is 1.95. The molecule has 2 rings (SSSR count). The molecule has 0 saturated heterocycles. The van der Waals surface area contributed by atoms with E-state index in [9.17, 15) is 8.78 Å². The highest BCUT2D eigenvalue weighted by Crippen LogP contribution is 2.22. The molecule has 2 N–H and O–H groups in total. The number of nitrogens with zero attached hydrogens (tertiary/aromatic N) is 1. The van der Waals surface area contributed by atoms with Crippen LogP contribution in [-0.4, -0.2) is 4.98 Å². The first-order valence-corrected chi connectivity index (χ1v) is 6.16. The van der Waals surface area contributed by atoms with Crippen molar-refractivity contribution in [2.45, 2.75) is 12.5 Å². The molecule has 1 aromatic heterocycles. The van der Waals surface area contributed by atoms with Gasteiger partial charge in [0.25, 0.3) is 0 Å². The smallest absolute Gasteiger partial charge is 0.126 e. The summed E-state index contributed by atoms with van der Waals surface area (Å²) in [5.41, 5.74) is 7.17. The van der Waals surface area contributed by atoms with Crippen molar-refractivity contribution in [1.29, 1.82) is 0 Å². The minimum absolute atomic E-state index is 0.324. The van der Waals surface area contributed by atoms with E-state index in [1.165, 1.54) is 12.1 Å². The van der Waals surface area contributed by atoms with Crippen molar-refractivity contribution in [3.05, 3.63) is 63.9 Å². The van der Waals surface area contributed by atoms with Gasteiger partial charge in [-0.25, -0.2) is 8.78 Å². The molecule has 0 saturated carbocycles. The van der Waals surface area contributed by atoms with Crippen molar-refractivity contribution in [3.63, 3.8) is 0 Å². The molecule has 0 amide bonds. The van der Waals surface area contributed by atoms with E-state index in [1.807, 2.05) is 6.07 Å². The fourth-order valence-corrected chi connectivity index (χ4v) is 2.30. The van der Waals surface area contributed by atoms with Crippen LogP contribution in [0.15, 0.2) is 41.0 Å². The Kier molecular flexibility index (Phi) is 4.04. The van der Waals surface area contributed by atoms with Crippen molar-refractivity contribution in [2.24, 2.45) is 5.73 Å². The Morgan fingerprint density at radius 1 is 1.22 bits per heavy atom. The first-order chi connectivity index (χ1) is 8.56. The van der Waals surface area contributed by atoms with Gasteiger partial charge in [0.1, 0.15) is 11.6 Å². The van der Waals surface area contributed by atoms with Crippen LogP contribution in [0, 0.1) is 11.6 Å². The van der Waals surface area contributed by atoms with Gasteiger partial charge in [-0.3, -0.25) is 4.98 Å². The number of pyridine rings is 1. The van der Waals surface area contributed by atoms with Crippen LogP contribution in [0.4, 0.5) is 8.78 Å². The molecule has 0 radical (unpaired) electrons. The van der Waals surface area contributed by atoms with Crippen LogP contribution in [0.1, 0.15) is 17.3 Å². The molecule has 0 aliphatic carbocycles. The average molecular weight is 313 g/mol. The second kappa shape index (κ2) is 5.54. The SMILES string of the molecule is N[C@H](Cc1cc(F)cc(F)c1)c1ncccc1Br. The molecule has 0 fully saturated rings. The number of aromatic nitrogens is 1. The van der Waals surface area contributed by atoms with E-state index in [-0.39, 0.29) is 0 Å². The van der Waals surface area contributed by atoms with Gasteiger partial charge in [-0.1, -0.05) is 0 Å². The zero-order valence-electron chi connectivity index (χ0n) is 9.41. The Labute approximate surface area is 112 Å². The molecule has 5 heteroatoms. The van der Waals surface area contributed by atoms with Gasteiger partial charge in [0.15, 0.2) is 0 Å². The fourth-order valence-electron chi connectivity index (χ4n) is 1.75. The Morgan fingerprint density at radius 3 is 2.50 bits per heavy atom. The summed E-state index contributed by atoms with van der Waals surface area (Å²) in [4.78, 5) is 4.16. The minimum atomic E-state index is -0.600. The zero-order chi connectivity index (χ0) is 13.1. The van der Waals surface area contributed by atoms with Crippen LogP contribution in [0.5, 0.6) is 0 Å². The highest BCUT2D eigenvalue weighted by molar-refractivity contribution is 9.10. The molecular weight excluding hydrogens is 302 g/mol. The van der Waals surface area contributed by atoms with Crippen molar-refractivity contribution in [3.8, 4) is 0 Å². The maximum Gasteiger partial charge on any atom is 0.126 e. The van der Waals surface area contributed by atoms with E-state index in [0.717, 1.165) is 10.5 Å². The highest BCUT2D eigenvalue weighted by atomic mass is 79.9. The largest absolute Gasteiger partial charge is 0.322 e. The first kappa shape index (κ1) is 13.1. The average Bonchev–Trinajstić information content (AvgIpc) is 2.27. The van der Waals surface area contributed by atoms with E-state index >= 15 is 0 Å². The molecule has 1 heterocycles. The lowest BCUT2D eigenvalue weighted by atomic mass is 10.0. The predicted octanol–water partition coefficient (Wildman–Crippen LogP) is 3.36.